The Kier molecular flexibility index (Phi) is 12.5. The van der Waals surface area contributed by atoms with Gasteiger partial charge in [0.05, 0.1) is 17.7 Å². The molecular weight excluding hydrogens is 582 g/mol. The molecule has 3 unspecified atom stereocenters. The third kappa shape index (κ3) is 10.8. The third-order valence-electron chi connectivity index (χ3n) is 7.07. The van der Waals surface area contributed by atoms with E-state index in [2.05, 4.69) is 15.0 Å². The Bertz CT molecular complexity index is 1200. The van der Waals surface area contributed by atoms with E-state index in [1.807, 2.05) is 6.92 Å². The maximum atomic E-state index is 13.7. The first-order valence-electron chi connectivity index (χ1n) is 13.3. The Morgan fingerprint density at radius 3 is 2.29 bits per heavy atom. The zero-order valence-electron chi connectivity index (χ0n) is 23.3. The van der Waals surface area contributed by atoms with E-state index in [1.165, 1.54) is 4.90 Å². The predicted molar refractivity (Wildman–Crippen MR) is 149 cm³/mol. The Morgan fingerprint density at radius 2 is 1.76 bits per heavy atom. The van der Waals surface area contributed by atoms with E-state index in [9.17, 15) is 41.1 Å². The molecule has 2 amide bonds. The molecule has 2 heterocycles. The number of nitrogens with two attached hydrogens (primary N) is 2. The van der Waals surface area contributed by atoms with Gasteiger partial charge in [0.2, 0.25) is 11.8 Å². The summed E-state index contributed by atoms with van der Waals surface area (Å²) in [6.45, 7) is 2.02. The van der Waals surface area contributed by atoms with Crippen molar-refractivity contribution in [1.82, 2.24) is 19.2 Å². The molecule has 0 aromatic carbocycles. The molecule has 234 valence electrons. The van der Waals surface area contributed by atoms with Crippen LogP contribution in [0.25, 0.3) is 0 Å². The minimum atomic E-state index is -4.29. The smallest absolute Gasteiger partial charge is 0.306 e. The van der Waals surface area contributed by atoms with Gasteiger partial charge in [0.1, 0.15) is 28.2 Å². The van der Waals surface area contributed by atoms with Gasteiger partial charge in [-0.05, 0) is 44.4 Å². The number of amides is 2. The highest BCUT2D eigenvalue weighted by atomic mass is 32.2. The van der Waals surface area contributed by atoms with Crippen LogP contribution >= 0.6 is 0 Å². The maximum absolute atomic E-state index is 13.7. The average molecular weight is 624 g/mol. The number of carbonyl (C=O) groups is 4. The van der Waals surface area contributed by atoms with Gasteiger partial charge in [-0.15, -0.1) is 0 Å². The first kappa shape index (κ1) is 34.4. The lowest BCUT2D eigenvalue weighted by atomic mass is 9.99. The van der Waals surface area contributed by atoms with Gasteiger partial charge in [-0.25, -0.2) is 8.42 Å². The zero-order chi connectivity index (χ0) is 31.0. The fraction of sp³-hybridized carbons (Fsp3) is 0.783. The number of hydrogen-bond acceptors (Lipinski definition) is 9. The van der Waals surface area contributed by atoms with Crippen LogP contribution in [0.5, 0.6) is 0 Å². The molecule has 18 heteroatoms. The Labute approximate surface area is 240 Å². The fourth-order valence-corrected chi connectivity index (χ4v) is 6.96. The highest BCUT2D eigenvalue weighted by Crippen LogP contribution is 2.25. The number of aldehydes is 1. The van der Waals surface area contributed by atoms with Crippen LogP contribution in [-0.4, -0.2) is 117 Å². The van der Waals surface area contributed by atoms with E-state index in [1.54, 1.807) is 0 Å². The summed E-state index contributed by atoms with van der Waals surface area (Å²) < 4.78 is 53.4. The summed E-state index contributed by atoms with van der Waals surface area (Å²) in [4.78, 5) is 54.7. The molecule has 7 N–H and O–H groups in total. The standard InChI is InChI=1S/C23H41N7O9S2/c1-15-12-19(20(32)27-17(14-31)4-3-8-26-23(24)25)30(13-15)21(33)18(7-11-40(2,36)37)28-41(38,39)29-9-5-16(6-10-29)22(34)35/h14-19,28H,3-13H2,1-2H3,(H,27,32)(H,34,35)(H4,24,25,26)/t15-,17?,18?,19?/m0/s1. The van der Waals surface area contributed by atoms with Gasteiger partial charge in [-0.3, -0.25) is 19.4 Å². The topological polar surface area (TPSA) is 252 Å². The van der Waals surface area contributed by atoms with Crippen LogP contribution in [0.15, 0.2) is 4.99 Å². The largest absolute Gasteiger partial charge is 0.481 e. The molecule has 16 nitrogen and oxygen atoms in total. The molecule has 2 saturated heterocycles. The number of carboxylic acid groups (broad SMARTS) is 1. The highest BCUT2D eigenvalue weighted by molar-refractivity contribution is 7.90. The molecule has 2 fully saturated rings. The second kappa shape index (κ2) is 14.9. The Hall–Kier alpha value is -2.83. The molecular formula is C23H41N7O9S2. The van der Waals surface area contributed by atoms with E-state index >= 15 is 0 Å². The Balaban J connectivity index is 2.19. The molecule has 0 aromatic heterocycles. The predicted octanol–water partition coefficient (Wildman–Crippen LogP) is -2.60. The van der Waals surface area contributed by atoms with Crippen molar-refractivity contribution in [2.45, 2.75) is 63.6 Å². The summed E-state index contributed by atoms with van der Waals surface area (Å²) in [5.41, 5.74) is 10.6. The van der Waals surface area contributed by atoms with Crippen molar-refractivity contribution in [3.63, 3.8) is 0 Å². The van der Waals surface area contributed by atoms with E-state index in [4.69, 9.17) is 11.5 Å². The van der Waals surface area contributed by atoms with Gasteiger partial charge in [0.15, 0.2) is 5.96 Å². The molecule has 0 aromatic rings. The molecule has 4 atom stereocenters. The number of aliphatic imine (C=N–C) groups is 1. The summed E-state index contributed by atoms with van der Waals surface area (Å²) in [6.07, 6.45) is 2.24. The number of hydrogen-bond donors (Lipinski definition) is 5. The fourth-order valence-electron chi connectivity index (χ4n) is 4.87. The van der Waals surface area contributed by atoms with E-state index in [0.29, 0.717) is 12.7 Å². The quantitative estimate of drug-likeness (QED) is 0.0547. The summed E-state index contributed by atoms with van der Waals surface area (Å²) in [5.74, 6) is -3.79. The van der Waals surface area contributed by atoms with Gasteiger partial charge in [-0.2, -0.15) is 17.4 Å². The van der Waals surface area contributed by atoms with Crippen LogP contribution in [0.1, 0.15) is 45.4 Å². The van der Waals surface area contributed by atoms with E-state index in [0.717, 1.165) is 10.6 Å². The summed E-state index contributed by atoms with van der Waals surface area (Å²) in [7, 11) is -7.87. The lowest BCUT2D eigenvalue weighted by Gasteiger charge is -2.33. The van der Waals surface area contributed by atoms with E-state index < -0.39 is 67.6 Å². The molecule has 0 aliphatic carbocycles. The molecule has 2 aliphatic heterocycles. The number of carboxylic acids is 1. The highest BCUT2D eigenvalue weighted by Gasteiger charge is 2.42. The number of piperidine rings is 1. The normalized spacial score (nSPS) is 22.0. The minimum Gasteiger partial charge on any atom is -0.481 e. The number of likely N-dealkylation sites (tertiary alicyclic amines) is 1. The van der Waals surface area contributed by atoms with Gasteiger partial charge >= 0.3 is 5.97 Å². The molecule has 2 aliphatic rings. The number of aliphatic carboxylic acids is 1. The lowest BCUT2D eigenvalue weighted by Crippen LogP contribution is -2.57. The summed E-state index contributed by atoms with van der Waals surface area (Å²) in [6, 6.07) is -3.36. The van der Waals surface area contributed by atoms with Gasteiger partial charge < -0.3 is 31.6 Å². The van der Waals surface area contributed by atoms with Crippen molar-refractivity contribution >= 4 is 50.1 Å². The van der Waals surface area contributed by atoms with Gasteiger partial charge in [0.25, 0.3) is 10.2 Å². The SMILES string of the molecule is C[C@H]1CC(C(=O)NC(C=O)CCCN=C(N)N)N(C(=O)C(CCS(C)(=O)=O)NS(=O)(=O)N2CCC(C(=O)O)CC2)C1. The van der Waals surface area contributed by atoms with Gasteiger partial charge in [-0.1, -0.05) is 6.92 Å². The molecule has 0 radical (unpaired) electrons. The Morgan fingerprint density at radius 1 is 1.12 bits per heavy atom. The first-order chi connectivity index (χ1) is 19.0. The van der Waals surface area contributed by atoms with Crippen LogP contribution in [-0.2, 0) is 39.2 Å². The summed E-state index contributed by atoms with van der Waals surface area (Å²) in [5, 5.41) is 11.8. The van der Waals surface area contributed by atoms with Crippen LogP contribution in [0.2, 0.25) is 0 Å². The van der Waals surface area contributed by atoms with Crippen molar-refractivity contribution in [3.05, 3.63) is 0 Å². The lowest BCUT2D eigenvalue weighted by molar-refractivity contribution is -0.143. The van der Waals surface area contributed by atoms with Crippen LogP contribution in [0, 0.1) is 11.8 Å². The van der Waals surface area contributed by atoms with Crippen molar-refractivity contribution < 1.29 is 41.1 Å². The first-order valence-corrected chi connectivity index (χ1v) is 16.8. The van der Waals surface area contributed by atoms with Crippen molar-refractivity contribution in [2.75, 3.05) is 38.2 Å². The van der Waals surface area contributed by atoms with Crippen molar-refractivity contribution in [3.8, 4) is 0 Å². The maximum Gasteiger partial charge on any atom is 0.306 e. The van der Waals surface area contributed by atoms with Gasteiger partial charge in [0, 0.05) is 32.4 Å². The van der Waals surface area contributed by atoms with Crippen molar-refractivity contribution in [2.24, 2.45) is 28.3 Å². The molecule has 0 spiro atoms. The average Bonchev–Trinajstić information content (AvgIpc) is 3.28. The van der Waals surface area contributed by atoms with Crippen LogP contribution < -0.4 is 21.5 Å². The number of guanidine groups is 1. The van der Waals surface area contributed by atoms with Crippen LogP contribution in [0.3, 0.4) is 0 Å². The molecule has 0 saturated carbocycles. The molecule has 41 heavy (non-hydrogen) atoms. The monoisotopic (exact) mass is 623 g/mol. The van der Waals surface area contributed by atoms with Crippen LogP contribution in [0.4, 0.5) is 0 Å². The second-order valence-corrected chi connectivity index (χ2v) is 14.6. The minimum absolute atomic E-state index is 0.0820. The zero-order valence-corrected chi connectivity index (χ0v) is 24.9. The third-order valence-corrected chi connectivity index (χ3v) is 9.67. The number of rotatable bonds is 15. The molecule has 2 rings (SSSR count). The number of carbonyl (C=O) groups excluding carboxylic acids is 3. The van der Waals surface area contributed by atoms with Crippen molar-refractivity contribution in [1.29, 1.82) is 0 Å². The summed E-state index contributed by atoms with van der Waals surface area (Å²) >= 11 is 0. The molecule has 0 bridgehead atoms. The second-order valence-electron chi connectivity index (χ2n) is 10.7. The van der Waals surface area contributed by atoms with E-state index in [-0.39, 0.29) is 70.2 Å². The number of nitrogens with zero attached hydrogens (tertiary/aromatic N) is 3. The number of nitrogens with one attached hydrogen (secondary N) is 2. The number of sulfone groups is 1.